The van der Waals surface area contributed by atoms with E-state index in [4.69, 9.17) is 9.47 Å². The zero-order chi connectivity index (χ0) is 24.6. The number of hydrogen-bond acceptors (Lipinski definition) is 4. The van der Waals surface area contributed by atoms with Crippen LogP contribution in [0.4, 0.5) is 0 Å². The maximum atomic E-state index is 11.8. The third-order valence-corrected chi connectivity index (χ3v) is 6.13. The van der Waals surface area contributed by atoms with Crippen molar-refractivity contribution in [1.29, 1.82) is 0 Å². The Morgan fingerprint density at radius 1 is 0.667 bits per heavy atom. The van der Waals surface area contributed by atoms with Crippen LogP contribution in [0.1, 0.15) is 143 Å². The summed E-state index contributed by atoms with van der Waals surface area (Å²) in [6.07, 6.45) is 22.4. The lowest BCUT2D eigenvalue weighted by atomic mass is 10.0. The molecule has 0 aliphatic rings. The van der Waals surface area contributed by atoms with Crippen LogP contribution in [0.3, 0.4) is 0 Å². The Hall–Kier alpha value is -1.32. The minimum absolute atomic E-state index is 0.115. The number of ether oxygens (including phenoxy) is 2. The van der Waals surface area contributed by atoms with Crippen molar-refractivity contribution < 1.29 is 19.1 Å². The van der Waals surface area contributed by atoms with Crippen molar-refractivity contribution in [3.8, 4) is 0 Å². The summed E-state index contributed by atoms with van der Waals surface area (Å²) in [5.74, 6) is -0.0657. The van der Waals surface area contributed by atoms with E-state index >= 15 is 0 Å². The molecule has 0 fully saturated rings. The van der Waals surface area contributed by atoms with Gasteiger partial charge in [-0.3, -0.25) is 9.59 Å². The molecule has 0 amide bonds. The van der Waals surface area contributed by atoms with Crippen molar-refractivity contribution in [3.05, 3.63) is 11.6 Å². The zero-order valence-electron chi connectivity index (χ0n) is 22.4. The van der Waals surface area contributed by atoms with Gasteiger partial charge in [-0.05, 0) is 45.4 Å². The van der Waals surface area contributed by atoms with Crippen LogP contribution in [-0.2, 0) is 19.1 Å². The fourth-order valence-corrected chi connectivity index (χ4v) is 3.83. The first-order valence-electron chi connectivity index (χ1n) is 13.9. The Morgan fingerprint density at radius 2 is 1.12 bits per heavy atom. The zero-order valence-corrected chi connectivity index (χ0v) is 22.4. The molecule has 0 aromatic carbocycles. The van der Waals surface area contributed by atoms with Gasteiger partial charge in [-0.1, -0.05) is 103 Å². The molecule has 0 rings (SSSR count). The summed E-state index contributed by atoms with van der Waals surface area (Å²) < 4.78 is 10.5. The third-order valence-electron chi connectivity index (χ3n) is 6.13. The summed E-state index contributed by atoms with van der Waals surface area (Å²) in [5.41, 5.74) is 1.34. The van der Waals surface area contributed by atoms with Gasteiger partial charge in [0.2, 0.25) is 0 Å². The lowest BCUT2D eigenvalue weighted by Crippen LogP contribution is -2.12. The van der Waals surface area contributed by atoms with Gasteiger partial charge in [0.15, 0.2) is 0 Å². The molecule has 1 unspecified atom stereocenters. The van der Waals surface area contributed by atoms with Crippen molar-refractivity contribution in [2.45, 2.75) is 143 Å². The van der Waals surface area contributed by atoms with Gasteiger partial charge < -0.3 is 9.47 Å². The van der Waals surface area contributed by atoms with Crippen LogP contribution in [0.5, 0.6) is 0 Å². The average molecular weight is 467 g/mol. The van der Waals surface area contributed by atoms with Crippen LogP contribution in [-0.4, -0.2) is 25.2 Å². The predicted molar refractivity (Wildman–Crippen MR) is 139 cm³/mol. The van der Waals surface area contributed by atoms with Crippen molar-refractivity contribution in [3.63, 3.8) is 0 Å². The molecule has 0 aliphatic carbocycles. The van der Waals surface area contributed by atoms with E-state index in [0.29, 0.717) is 19.1 Å². The highest BCUT2D eigenvalue weighted by Gasteiger charge is 2.10. The smallest absolute Gasteiger partial charge is 0.306 e. The number of allylic oxidation sites excluding steroid dienone is 2. The van der Waals surface area contributed by atoms with Gasteiger partial charge in [0.05, 0.1) is 26.1 Å². The van der Waals surface area contributed by atoms with Crippen molar-refractivity contribution in [2.24, 2.45) is 5.92 Å². The van der Waals surface area contributed by atoms with Crippen molar-refractivity contribution >= 4 is 11.9 Å². The molecule has 33 heavy (non-hydrogen) atoms. The summed E-state index contributed by atoms with van der Waals surface area (Å²) in [4.78, 5) is 23.6. The first-order valence-corrected chi connectivity index (χ1v) is 13.9. The van der Waals surface area contributed by atoms with Crippen LogP contribution in [0.15, 0.2) is 11.6 Å². The van der Waals surface area contributed by atoms with E-state index in [1.807, 2.05) is 0 Å². The van der Waals surface area contributed by atoms with Crippen LogP contribution in [0.2, 0.25) is 0 Å². The maximum absolute atomic E-state index is 11.8. The van der Waals surface area contributed by atoms with Crippen LogP contribution < -0.4 is 0 Å². The second-order valence-electron chi connectivity index (χ2n) is 9.94. The van der Waals surface area contributed by atoms with Crippen LogP contribution in [0, 0.1) is 5.92 Å². The fourth-order valence-electron chi connectivity index (χ4n) is 3.83. The molecule has 4 heteroatoms. The lowest BCUT2D eigenvalue weighted by molar-refractivity contribution is -0.150. The highest BCUT2D eigenvalue weighted by Crippen LogP contribution is 2.13. The summed E-state index contributed by atoms with van der Waals surface area (Å²) in [6, 6.07) is 0. The topological polar surface area (TPSA) is 52.6 Å². The molecule has 194 valence electrons. The van der Waals surface area contributed by atoms with E-state index in [1.54, 1.807) is 0 Å². The van der Waals surface area contributed by atoms with Crippen LogP contribution in [0.25, 0.3) is 0 Å². The predicted octanol–water partition coefficient (Wildman–Crippen LogP) is 8.72. The lowest BCUT2D eigenvalue weighted by Gasteiger charge is -2.10. The van der Waals surface area contributed by atoms with E-state index in [-0.39, 0.29) is 24.8 Å². The van der Waals surface area contributed by atoms with E-state index in [2.05, 4.69) is 33.8 Å². The highest BCUT2D eigenvalue weighted by atomic mass is 16.5. The molecule has 0 bridgehead atoms. The second-order valence-corrected chi connectivity index (χ2v) is 9.94. The van der Waals surface area contributed by atoms with Gasteiger partial charge >= 0.3 is 11.9 Å². The molecule has 0 heterocycles. The molecular weight excluding hydrogens is 412 g/mol. The minimum Gasteiger partial charge on any atom is -0.466 e. The minimum atomic E-state index is -0.301. The molecule has 1 atom stereocenters. The molecule has 0 N–H and O–H groups in total. The number of carbonyl (C=O) groups is 2. The molecule has 0 saturated heterocycles. The molecule has 0 aliphatic heterocycles. The third kappa shape index (κ3) is 25.1. The maximum Gasteiger partial charge on any atom is 0.306 e. The molecule has 0 aromatic rings. The largest absolute Gasteiger partial charge is 0.466 e. The molecule has 0 spiro atoms. The number of hydrogen-bond donors (Lipinski definition) is 0. The van der Waals surface area contributed by atoms with Gasteiger partial charge in [0, 0.05) is 0 Å². The molecule has 4 nitrogen and oxygen atoms in total. The Kier molecular flexibility index (Phi) is 22.9. The molecule has 0 radical (unpaired) electrons. The summed E-state index contributed by atoms with van der Waals surface area (Å²) in [6.45, 7) is 9.56. The van der Waals surface area contributed by atoms with Crippen LogP contribution >= 0.6 is 0 Å². The van der Waals surface area contributed by atoms with E-state index in [1.165, 1.54) is 76.2 Å². The second kappa shape index (κ2) is 23.8. The number of carbonyl (C=O) groups excluding carboxylic acids is 2. The summed E-state index contributed by atoms with van der Waals surface area (Å²) in [5, 5.41) is 0. The summed E-state index contributed by atoms with van der Waals surface area (Å²) >= 11 is 0. The molecular formula is C29H54O4. The number of unbranched alkanes of at least 4 members (excludes halogenated alkanes) is 12. The Morgan fingerprint density at radius 3 is 1.61 bits per heavy atom. The molecule has 0 saturated carbocycles. The first kappa shape index (κ1) is 31.7. The first-order chi connectivity index (χ1) is 16.0. The van der Waals surface area contributed by atoms with Gasteiger partial charge in [-0.2, -0.15) is 0 Å². The Labute approximate surface area is 205 Å². The van der Waals surface area contributed by atoms with Gasteiger partial charge in [0.1, 0.15) is 0 Å². The molecule has 0 aromatic heterocycles. The highest BCUT2D eigenvalue weighted by molar-refractivity contribution is 5.77. The van der Waals surface area contributed by atoms with Gasteiger partial charge in [-0.15, -0.1) is 0 Å². The summed E-state index contributed by atoms with van der Waals surface area (Å²) in [7, 11) is 0. The average Bonchev–Trinajstić information content (AvgIpc) is 2.77. The fraction of sp³-hybridized carbons (Fsp3) is 0.862. The SMILES string of the molecule is CCCCCCCCCCCCCCCOC(=O)CCC(=O)OCCC(C)CCC=C(C)C. The van der Waals surface area contributed by atoms with E-state index < -0.39 is 0 Å². The standard InChI is InChI=1S/C29H54O4/c1-5-6-7-8-9-10-11-12-13-14-15-16-17-24-32-28(30)21-22-29(31)33-25-23-27(4)20-18-19-26(2)3/h19,27H,5-18,20-25H2,1-4H3. The van der Waals surface area contributed by atoms with E-state index in [9.17, 15) is 9.59 Å². The Balaban J connectivity index is 3.41. The van der Waals surface area contributed by atoms with E-state index in [0.717, 1.165) is 32.1 Å². The van der Waals surface area contributed by atoms with Crippen molar-refractivity contribution in [1.82, 2.24) is 0 Å². The van der Waals surface area contributed by atoms with Gasteiger partial charge in [-0.25, -0.2) is 0 Å². The van der Waals surface area contributed by atoms with Gasteiger partial charge in [0.25, 0.3) is 0 Å². The van der Waals surface area contributed by atoms with Crippen molar-refractivity contribution in [2.75, 3.05) is 13.2 Å². The monoisotopic (exact) mass is 466 g/mol. The number of esters is 2. The normalized spacial score (nSPS) is 11.8. The quantitative estimate of drug-likeness (QED) is 0.0858. The Bertz CT molecular complexity index is 494. The number of rotatable bonds is 23.